The molecule has 2 aromatic heterocycles. The summed E-state index contributed by atoms with van der Waals surface area (Å²) in [5.74, 6) is 1.31. The molecular weight excluding hydrogens is 369 g/mol. The Bertz CT molecular complexity index is 638. The lowest BCUT2D eigenvalue weighted by Gasteiger charge is -2.26. The minimum absolute atomic E-state index is 0. The molecule has 2 heterocycles. The third-order valence-corrected chi connectivity index (χ3v) is 4.81. The van der Waals surface area contributed by atoms with Gasteiger partial charge in [0.1, 0.15) is 5.76 Å². The summed E-state index contributed by atoms with van der Waals surface area (Å²) in [6.45, 7) is 1.85. The molecule has 0 unspecified atom stereocenters. The molecule has 1 aliphatic rings. The van der Waals surface area contributed by atoms with E-state index in [1.54, 1.807) is 11.3 Å². The normalized spacial score (nSPS) is 19.9. The van der Waals surface area contributed by atoms with Crippen molar-refractivity contribution in [2.24, 2.45) is 5.73 Å². The van der Waals surface area contributed by atoms with Crippen molar-refractivity contribution in [3.63, 3.8) is 0 Å². The maximum absolute atomic E-state index is 12.2. The zero-order valence-electron chi connectivity index (χ0n) is 13.5. The summed E-state index contributed by atoms with van der Waals surface area (Å²) in [5, 5.41) is 7.05. The lowest BCUT2D eigenvalue weighted by molar-refractivity contribution is -0.121. The molecule has 1 aliphatic carbocycles. The summed E-state index contributed by atoms with van der Waals surface area (Å²) in [6, 6.07) is 2.50. The number of aromatic nitrogens is 1. The molecular formula is C16H23Cl2N3O2S. The molecule has 5 nitrogen and oxygen atoms in total. The molecule has 0 spiro atoms. The van der Waals surface area contributed by atoms with Crippen molar-refractivity contribution in [2.75, 3.05) is 0 Å². The molecule has 0 aromatic carbocycles. The second-order valence-electron chi connectivity index (χ2n) is 5.89. The monoisotopic (exact) mass is 391 g/mol. The van der Waals surface area contributed by atoms with Crippen LogP contribution >= 0.6 is 36.2 Å². The van der Waals surface area contributed by atoms with Crippen molar-refractivity contribution in [3.8, 4) is 11.5 Å². The molecule has 0 atom stereocenters. The average molecular weight is 392 g/mol. The van der Waals surface area contributed by atoms with Crippen LogP contribution in [0.4, 0.5) is 0 Å². The molecule has 1 amide bonds. The number of aryl methyl sites for hydroxylation is 1. The zero-order valence-corrected chi connectivity index (χ0v) is 15.9. The van der Waals surface area contributed by atoms with Crippen LogP contribution in [-0.4, -0.2) is 23.0 Å². The van der Waals surface area contributed by atoms with Gasteiger partial charge in [-0.25, -0.2) is 4.98 Å². The maximum Gasteiger partial charge on any atom is 0.227 e. The number of hydrogen-bond donors (Lipinski definition) is 2. The highest BCUT2D eigenvalue weighted by molar-refractivity contribution is 7.08. The van der Waals surface area contributed by atoms with Gasteiger partial charge in [0.15, 0.2) is 0 Å². The number of oxazole rings is 1. The number of nitrogens with zero attached hydrogens (tertiary/aromatic N) is 1. The molecule has 1 fully saturated rings. The van der Waals surface area contributed by atoms with Gasteiger partial charge >= 0.3 is 0 Å². The highest BCUT2D eigenvalue weighted by Gasteiger charge is 2.21. The Morgan fingerprint density at radius 3 is 2.71 bits per heavy atom. The number of nitrogens with one attached hydrogen (secondary N) is 1. The van der Waals surface area contributed by atoms with Gasteiger partial charge in [-0.05, 0) is 44.1 Å². The van der Waals surface area contributed by atoms with Crippen LogP contribution < -0.4 is 11.1 Å². The number of halogens is 2. The summed E-state index contributed by atoms with van der Waals surface area (Å²) in [4.78, 5) is 16.6. The van der Waals surface area contributed by atoms with E-state index in [0.29, 0.717) is 23.4 Å². The Balaban J connectivity index is 0.00000144. The first-order valence-corrected chi connectivity index (χ1v) is 8.60. The van der Waals surface area contributed by atoms with E-state index in [1.807, 2.05) is 23.8 Å². The summed E-state index contributed by atoms with van der Waals surface area (Å²) in [7, 11) is 0. The van der Waals surface area contributed by atoms with Crippen LogP contribution in [0.3, 0.4) is 0 Å². The van der Waals surface area contributed by atoms with E-state index in [9.17, 15) is 4.79 Å². The Morgan fingerprint density at radius 1 is 1.38 bits per heavy atom. The minimum Gasteiger partial charge on any atom is -0.441 e. The fraction of sp³-hybridized carbons (Fsp3) is 0.500. The lowest BCUT2D eigenvalue weighted by atomic mass is 9.92. The molecule has 3 N–H and O–H groups in total. The van der Waals surface area contributed by atoms with Gasteiger partial charge in [-0.1, -0.05) is 0 Å². The van der Waals surface area contributed by atoms with E-state index in [0.717, 1.165) is 31.2 Å². The molecule has 0 saturated heterocycles. The first-order valence-electron chi connectivity index (χ1n) is 7.65. The molecule has 134 valence electrons. The predicted molar refractivity (Wildman–Crippen MR) is 101 cm³/mol. The summed E-state index contributed by atoms with van der Waals surface area (Å²) in [5.41, 5.74) is 7.56. The van der Waals surface area contributed by atoms with Crippen molar-refractivity contribution in [1.82, 2.24) is 10.3 Å². The summed E-state index contributed by atoms with van der Waals surface area (Å²) in [6.07, 6.45) is 4.16. The van der Waals surface area contributed by atoms with Gasteiger partial charge in [0, 0.05) is 23.0 Å². The topological polar surface area (TPSA) is 81.2 Å². The lowest BCUT2D eigenvalue weighted by Crippen LogP contribution is -2.41. The second-order valence-corrected chi connectivity index (χ2v) is 6.67. The average Bonchev–Trinajstić information content (AvgIpc) is 3.12. The van der Waals surface area contributed by atoms with Gasteiger partial charge in [0.2, 0.25) is 11.8 Å². The van der Waals surface area contributed by atoms with E-state index in [1.165, 1.54) is 0 Å². The van der Waals surface area contributed by atoms with Crippen LogP contribution in [0.5, 0.6) is 0 Å². The van der Waals surface area contributed by atoms with Crippen molar-refractivity contribution in [2.45, 2.75) is 51.1 Å². The standard InChI is InChI=1S/C16H21N3O2S.2ClH/c1-10-14(19-16(21-10)11-6-7-22-9-11)8-15(20)18-13-4-2-12(17)3-5-13;;/h6-7,9,12-13H,2-5,8,17H2,1H3,(H,18,20);2*1H. The van der Waals surface area contributed by atoms with Crippen LogP contribution in [0.2, 0.25) is 0 Å². The number of carbonyl (C=O) groups is 1. The molecule has 8 heteroatoms. The van der Waals surface area contributed by atoms with Crippen molar-refractivity contribution in [1.29, 1.82) is 0 Å². The Kier molecular flexibility index (Phi) is 8.22. The van der Waals surface area contributed by atoms with E-state index in [2.05, 4.69) is 10.3 Å². The fourth-order valence-corrected chi connectivity index (χ4v) is 3.43. The Labute approximate surface area is 158 Å². The van der Waals surface area contributed by atoms with Crippen LogP contribution in [-0.2, 0) is 11.2 Å². The minimum atomic E-state index is 0. The van der Waals surface area contributed by atoms with Crippen LogP contribution in [0.25, 0.3) is 11.5 Å². The number of thiophene rings is 1. The Hall–Kier alpha value is -1.08. The van der Waals surface area contributed by atoms with Crippen molar-refractivity contribution in [3.05, 3.63) is 28.3 Å². The highest BCUT2D eigenvalue weighted by atomic mass is 35.5. The van der Waals surface area contributed by atoms with Gasteiger partial charge < -0.3 is 15.5 Å². The van der Waals surface area contributed by atoms with Crippen LogP contribution in [0.15, 0.2) is 21.2 Å². The summed E-state index contributed by atoms with van der Waals surface area (Å²) < 4.78 is 5.66. The van der Waals surface area contributed by atoms with E-state index < -0.39 is 0 Å². The quantitative estimate of drug-likeness (QED) is 0.835. The molecule has 2 aromatic rings. The third kappa shape index (κ3) is 5.21. The Morgan fingerprint density at radius 2 is 2.08 bits per heavy atom. The van der Waals surface area contributed by atoms with Gasteiger partial charge in [-0.15, -0.1) is 24.8 Å². The number of carbonyl (C=O) groups excluding carboxylic acids is 1. The van der Waals surface area contributed by atoms with Crippen molar-refractivity contribution >= 4 is 42.1 Å². The zero-order chi connectivity index (χ0) is 15.5. The van der Waals surface area contributed by atoms with Crippen molar-refractivity contribution < 1.29 is 9.21 Å². The molecule has 3 rings (SSSR count). The maximum atomic E-state index is 12.2. The SMILES string of the molecule is Cc1oc(-c2ccsc2)nc1CC(=O)NC1CCC(N)CC1.Cl.Cl. The van der Waals surface area contributed by atoms with E-state index in [-0.39, 0.29) is 43.2 Å². The summed E-state index contributed by atoms with van der Waals surface area (Å²) >= 11 is 1.60. The molecule has 0 aliphatic heterocycles. The molecule has 24 heavy (non-hydrogen) atoms. The van der Waals surface area contributed by atoms with E-state index >= 15 is 0 Å². The smallest absolute Gasteiger partial charge is 0.227 e. The molecule has 0 radical (unpaired) electrons. The highest BCUT2D eigenvalue weighted by Crippen LogP contribution is 2.24. The van der Waals surface area contributed by atoms with Crippen LogP contribution in [0, 0.1) is 6.92 Å². The van der Waals surface area contributed by atoms with Crippen LogP contribution in [0.1, 0.15) is 37.1 Å². The van der Waals surface area contributed by atoms with Gasteiger partial charge in [0.25, 0.3) is 0 Å². The first-order chi connectivity index (χ1) is 10.6. The largest absolute Gasteiger partial charge is 0.441 e. The number of amides is 1. The second kappa shape index (κ2) is 9.42. The fourth-order valence-electron chi connectivity index (χ4n) is 2.80. The number of nitrogens with two attached hydrogens (primary N) is 1. The molecule has 1 saturated carbocycles. The van der Waals surface area contributed by atoms with E-state index in [4.69, 9.17) is 10.2 Å². The van der Waals surface area contributed by atoms with Gasteiger partial charge in [-0.3, -0.25) is 4.79 Å². The first kappa shape index (κ1) is 21.0. The van der Waals surface area contributed by atoms with Gasteiger partial charge in [0.05, 0.1) is 12.1 Å². The molecule has 0 bridgehead atoms. The van der Waals surface area contributed by atoms with Gasteiger partial charge in [-0.2, -0.15) is 11.3 Å². The third-order valence-electron chi connectivity index (χ3n) is 4.13. The predicted octanol–water partition coefficient (Wildman–Crippen LogP) is 3.48. The number of hydrogen-bond acceptors (Lipinski definition) is 5. The number of rotatable bonds is 4.